The zero-order valence-electron chi connectivity index (χ0n) is 5.19. The van der Waals surface area contributed by atoms with Crippen LogP contribution in [0.15, 0.2) is 16.5 Å². The number of hydrogen-bond acceptors (Lipinski definition) is 5. The van der Waals surface area contributed by atoms with Crippen LogP contribution < -0.4 is 11.0 Å². The van der Waals surface area contributed by atoms with Crippen LogP contribution in [0.2, 0.25) is 0 Å². The van der Waals surface area contributed by atoms with Gasteiger partial charge < -0.3 is 10.2 Å². The Morgan fingerprint density at radius 2 is 2.20 bits per heavy atom. The molecule has 4 N–H and O–H groups in total. The van der Waals surface area contributed by atoms with Gasteiger partial charge in [0.15, 0.2) is 0 Å². The molecule has 0 aliphatic rings. The summed E-state index contributed by atoms with van der Waals surface area (Å²) in [6.07, 6.45) is 0. The second-order valence-corrected chi connectivity index (χ2v) is 1.73. The van der Waals surface area contributed by atoms with Crippen molar-refractivity contribution in [2.24, 2.45) is 5.73 Å². The van der Waals surface area contributed by atoms with E-state index in [0.717, 1.165) is 0 Å². The topological polar surface area (TPSA) is 82.9 Å². The third-order valence-electron chi connectivity index (χ3n) is 1.05. The lowest BCUT2D eigenvalue weighted by molar-refractivity contribution is 0.0169. The molecule has 0 atom stereocenters. The second-order valence-electron chi connectivity index (χ2n) is 1.73. The molecule has 5 nitrogen and oxygen atoms in total. The first-order chi connectivity index (χ1) is 4.74. The van der Waals surface area contributed by atoms with E-state index in [1.165, 1.54) is 6.07 Å². The largest absolute Gasteiger partial charge is 0.440 e. The van der Waals surface area contributed by atoms with E-state index in [4.69, 9.17) is 20.6 Å². The van der Waals surface area contributed by atoms with Crippen LogP contribution in [0.25, 0.3) is 0 Å². The number of hydrogen-bond donors (Lipinski definition) is 3. The fourth-order valence-corrected chi connectivity index (χ4v) is 0.584. The van der Waals surface area contributed by atoms with Gasteiger partial charge in [-0.25, -0.2) is 0 Å². The highest BCUT2D eigenvalue weighted by molar-refractivity contribution is 5.29. The first-order valence-corrected chi connectivity index (χ1v) is 2.70. The molecule has 0 radical (unpaired) electrons. The fraction of sp³-hybridized carbons (Fsp3) is 0.200. The number of rotatable bonds is 2. The molecule has 0 fully saturated rings. The van der Waals surface area contributed by atoms with Gasteiger partial charge in [0.25, 0.3) is 0 Å². The van der Waals surface area contributed by atoms with Crippen LogP contribution in [0.1, 0.15) is 5.76 Å². The standard InChI is InChI=1S/C5H8N2O3/c6-3-4-1-2-5(10-4)7(8)9/h1-2,8-9H,3,6H2. The predicted molar refractivity (Wildman–Crippen MR) is 32.7 cm³/mol. The molecule has 0 bridgehead atoms. The van der Waals surface area contributed by atoms with E-state index in [1.807, 2.05) is 0 Å². The summed E-state index contributed by atoms with van der Waals surface area (Å²) in [6.45, 7) is 0.244. The molecule has 0 aliphatic heterocycles. The predicted octanol–water partition coefficient (Wildman–Crippen LogP) is 0.323. The third-order valence-corrected chi connectivity index (χ3v) is 1.05. The molecule has 0 aromatic carbocycles. The number of anilines is 1. The Morgan fingerprint density at radius 1 is 1.50 bits per heavy atom. The van der Waals surface area contributed by atoms with Gasteiger partial charge in [-0.15, -0.1) is 0 Å². The maximum atomic E-state index is 8.39. The first-order valence-electron chi connectivity index (χ1n) is 2.70. The molecular formula is C5H8N2O3. The summed E-state index contributed by atoms with van der Waals surface area (Å²) >= 11 is 0. The summed E-state index contributed by atoms with van der Waals surface area (Å²) in [5, 5.41) is 16.7. The van der Waals surface area contributed by atoms with Crippen LogP contribution in [0.5, 0.6) is 0 Å². The van der Waals surface area contributed by atoms with Crippen molar-refractivity contribution in [1.29, 1.82) is 0 Å². The van der Waals surface area contributed by atoms with Crippen molar-refractivity contribution in [1.82, 2.24) is 0 Å². The lowest BCUT2D eigenvalue weighted by Crippen LogP contribution is -2.09. The van der Waals surface area contributed by atoms with Gasteiger partial charge in [-0.3, -0.25) is 10.4 Å². The van der Waals surface area contributed by atoms with E-state index >= 15 is 0 Å². The molecule has 0 saturated carbocycles. The van der Waals surface area contributed by atoms with Crippen molar-refractivity contribution < 1.29 is 14.8 Å². The van der Waals surface area contributed by atoms with Crippen molar-refractivity contribution in [3.63, 3.8) is 0 Å². The highest BCUT2D eigenvalue weighted by atomic mass is 16.8. The van der Waals surface area contributed by atoms with E-state index in [0.29, 0.717) is 5.76 Å². The molecule has 0 amide bonds. The van der Waals surface area contributed by atoms with Crippen molar-refractivity contribution in [2.45, 2.75) is 6.54 Å². The highest BCUT2D eigenvalue weighted by Crippen LogP contribution is 2.14. The Labute approximate surface area is 57.2 Å². The van der Waals surface area contributed by atoms with Gasteiger partial charge in [0.05, 0.1) is 6.54 Å². The molecule has 10 heavy (non-hydrogen) atoms. The molecule has 1 rings (SSSR count). The lowest BCUT2D eigenvalue weighted by atomic mass is 10.5. The van der Waals surface area contributed by atoms with Gasteiger partial charge in [0, 0.05) is 6.07 Å². The summed E-state index contributed by atoms with van der Waals surface area (Å²) in [7, 11) is 0. The van der Waals surface area contributed by atoms with Crippen molar-refractivity contribution in [3.8, 4) is 0 Å². The maximum Gasteiger partial charge on any atom is 0.247 e. The normalized spacial score (nSPS) is 9.90. The zero-order chi connectivity index (χ0) is 7.56. The fourth-order valence-electron chi connectivity index (χ4n) is 0.584. The quantitative estimate of drug-likeness (QED) is 0.521. The highest BCUT2D eigenvalue weighted by Gasteiger charge is 2.03. The Kier molecular flexibility index (Phi) is 1.91. The minimum absolute atomic E-state index is 0.0412. The average Bonchev–Trinajstić information content (AvgIpc) is 2.34. The summed E-state index contributed by atoms with van der Waals surface area (Å²) in [4.78, 5) is 0. The van der Waals surface area contributed by atoms with Gasteiger partial charge in [-0.05, 0) is 6.07 Å². The zero-order valence-corrected chi connectivity index (χ0v) is 5.19. The van der Waals surface area contributed by atoms with Crippen molar-refractivity contribution in [2.75, 3.05) is 5.23 Å². The van der Waals surface area contributed by atoms with Crippen LogP contribution in [0.4, 0.5) is 5.88 Å². The van der Waals surface area contributed by atoms with Gasteiger partial charge in [-0.1, -0.05) is 5.23 Å². The van der Waals surface area contributed by atoms with Crippen LogP contribution in [-0.4, -0.2) is 10.4 Å². The Hall–Kier alpha value is -1.04. The minimum Gasteiger partial charge on any atom is -0.440 e. The van der Waals surface area contributed by atoms with Gasteiger partial charge in [0.1, 0.15) is 5.76 Å². The van der Waals surface area contributed by atoms with Crippen molar-refractivity contribution in [3.05, 3.63) is 17.9 Å². The van der Waals surface area contributed by atoms with Crippen molar-refractivity contribution >= 4 is 5.88 Å². The molecular weight excluding hydrogens is 136 g/mol. The molecule has 0 aliphatic carbocycles. The molecule has 1 heterocycles. The summed E-state index contributed by atoms with van der Waals surface area (Å²) in [5.74, 6) is 0.462. The summed E-state index contributed by atoms with van der Waals surface area (Å²) in [6, 6.07) is 2.97. The molecule has 0 unspecified atom stereocenters. The molecule has 5 heteroatoms. The number of furan rings is 1. The van der Waals surface area contributed by atoms with E-state index < -0.39 is 0 Å². The molecule has 56 valence electrons. The summed E-state index contributed by atoms with van der Waals surface area (Å²) in [5.41, 5.74) is 5.19. The Balaban J connectivity index is 2.78. The summed E-state index contributed by atoms with van der Waals surface area (Å²) < 4.78 is 4.80. The lowest BCUT2D eigenvalue weighted by Gasteiger charge is -2.00. The Bertz CT molecular complexity index is 208. The minimum atomic E-state index is -0.0981. The van der Waals surface area contributed by atoms with E-state index in [2.05, 4.69) is 0 Å². The van der Waals surface area contributed by atoms with E-state index in [1.54, 1.807) is 6.07 Å². The maximum absolute atomic E-state index is 8.39. The smallest absolute Gasteiger partial charge is 0.247 e. The van der Waals surface area contributed by atoms with Gasteiger partial charge in [0.2, 0.25) is 5.88 Å². The second kappa shape index (κ2) is 2.70. The van der Waals surface area contributed by atoms with Crippen LogP contribution >= 0.6 is 0 Å². The monoisotopic (exact) mass is 144 g/mol. The Morgan fingerprint density at radius 3 is 2.50 bits per heavy atom. The molecule has 1 aromatic heterocycles. The van der Waals surface area contributed by atoms with Crippen LogP contribution in [-0.2, 0) is 6.54 Å². The van der Waals surface area contributed by atoms with Gasteiger partial charge >= 0.3 is 0 Å². The average molecular weight is 144 g/mol. The number of nitrogens with zero attached hydrogens (tertiary/aromatic N) is 1. The van der Waals surface area contributed by atoms with Gasteiger partial charge in [-0.2, -0.15) is 0 Å². The molecule has 1 aromatic rings. The first kappa shape index (κ1) is 7.07. The number of nitrogens with two attached hydrogens (primary N) is 1. The van der Waals surface area contributed by atoms with Crippen LogP contribution in [0, 0.1) is 0 Å². The van der Waals surface area contributed by atoms with Crippen LogP contribution in [0.3, 0.4) is 0 Å². The molecule has 0 saturated heterocycles. The van der Waals surface area contributed by atoms with E-state index in [9.17, 15) is 0 Å². The molecule has 0 spiro atoms. The third kappa shape index (κ3) is 1.27. The van der Waals surface area contributed by atoms with E-state index in [-0.39, 0.29) is 17.7 Å². The SMILES string of the molecule is NCc1ccc(N(O)O)o1.